The maximum absolute atomic E-state index is 14.5. The van der Waals surface area contributed by atoms with Gasteiger partial charge in [-0.15, -0.1) is 0 Å². The minimum absolute atomic E-state index is 0.0369. The van der Waals surface area contributed by atoms with Gasteiger partial charge in [0.2, 0.25) is 5.91 Å². The summed E-state index contributed by atoms with van der Waals surface area (Å²) in [4.78, 5) is 18.2. The highest BCUT2D eigenvalue weighted by Crippen LogP contribution is 2.31. The van der Waals surface area contributed by atoms with Gasteiger partial charge in [-0.1, -0.05) is 17.7 Å². The first-order valence-corrected chi connectivity index (χ1v) is 9.31. The van der Waals surface area contributed by atoms with E-state index in [0.717, 1.165) is 0 Å². The quantitative estimate of drug-likeness (QED) is 0.776. The smallest absolute Gasteiger partial charge is 0.221 e. The zero-order chi connectivity index (χ0) is 19.2. The SMILES string of the molecule is CC1CN(C(CNC(=O)CCn2cncn2)c2c(F)cccc2Cl)CCO1. The van der Waals surface area contributed by atoms with E-state index in [0.29, 0.717) is 36.8 Å². The summed E-state index contributed by atoms with van der Waals surface area (Å²) in [5.41, 5.74) is 0.407. The highest BCUT2D eigenvalue weighted by atomic mass is 35.5. The van der Waals surface area contributed by atoms with E-state index in [2.05, 4.69) is 20.3 Å². The van der Waals surface area contributed by atoms with Crippen LogP contribution in [-0.2, 0) is 16.1 Å². The van der Waals surface area contributed by atoms with Gasteiger partial charge in [0.1, 0.15) is 18.5 Å². The van der Waals surface area contributed by atoms with Crippen molar-refractivity contribution in [3.8, 4) is 0 Å². The fourth-order valence-corrected chi connectivity index (χ4v) is 3.52. The second-order valence-corrected chi connectivity index (χ2v) is 6.95. The van der Waals surface area contributed by atoms with Crippen molar-refractivity contribution >= 4 is 17.5 Å². The van der Waals surface area contributed by atoms with Crippen LogP contribution in [0.5, 0.6) is 0 Å². The maximum atomic E-state index is 14.5. The number of hydrogen-bond acceptors (Lipinski definition) is 5. The molecule has 1 N–H and O–H groups in total. The van der Waals surface area contributed by atoms with Gasteiger partial charge in [-0.05, 0) is 19.1 Å². The summed E-state index contributed by atoms with van der Waals surface area (Å²) in [6.07, 6.45) is 3.29. The van der Waals surface area contributed by atoms with Crippen LogP contribution in [0.3, 0.4) is 0 Å². The molecule has 0 bridgehead atoms. The fraction of sp³-hybridized carbons (Fsp3) is 0.500. The average Bonchev–Trinajstić information content (AvgIpc) is 3.16. The van der Waals surface area contributed by atoms with Crippen molar-refractivity contribution in [1.29, 1.82) is 0 Å². The molecule has 2 unspecified atom stereocenters. The molecule has 9 heteroatoms. The van der Waals surface area contributed by atoms with E-state index >= 15 is 0 Å². The van der Waals surface area contributed by atoms with Gasteiger partial charge in [0.25, 0.3) is 0 Å². The molecule has 2 heterocycles. The first-order valence-electron chi connectivity index (χ1n) is 8.93. The minimum atomic E-state index is -0.372. The number of benzene rings is 1. The van der Waals surface area contributed by atoms with Crippen molar-refractivity contribution in [3.05, 3.63) is 47.3 Å². The molecule has 0 aliphatic carbocycles. The molecule has 1 aliphatic heterocycles. The first-order chi connectivity index (χ1) is 13.0. The number of amides is 1. The molecule has 0 radical (unpaired) electrons. The number of morpholine rings is 1. The molecular formula is C18H23ClFN5O2. The number of hydrogen-bond donors (Lipinski definition) is 1. The van der Waals surface area contributed by atoms with Crippen LogP contribution >= 0.6 is 11.6 Å². The molecule has 1 aromatic heterocycles. The second-order valence-electron chi connectivity index (χ2n) is 6.54. The van der Waals surface area contributed by atoms with Crippen LogP contribution in [-0.4, -0.2) is 57.9 Å². The number of ether oxygens (including phenoxy) is 1. The van der Waals surface area contributed by atoms with Crippen molar-refractivity contribution in [1.82, 2.24) is 25.0 Å². The van der Waals surface area contributed by atoms with Crippen molar-refractivity contribution < 1.29 is 13.9 Å². The molecule has 1 aromatic carbocycles. The van der Waals surface area contributed by atoms with Crippen LogP contribution in [0.2, 0.25) is 5.02 Å². The third-order valence-corrected chi connectivity index (χ3v) is 4.90. The lowest BCUT2D eigenvalue weighted by molar-refractivity contribution is -0.121. The summed E-state index contributed by atoms with van der Waals surface area (Å²) in [6, 6.07) is 4.28. The Morgan fingerprint density at radius 2 is 2.37 bits per heavy atom. The maximum Gasteiger partial charge on any atom is 0.221 e. The van der Waals surface area contributed by atoms with Gasteiger partial charge in [-0.25, -0.2) is 9.37 Å². The lowest BCUT2D eigenvalue weighted by atomic mass is 10.0. The Morgan fingerprint density at radius 3 is 3.07 bits per heavy atom. The minimum Gasteiger partial charge on any atom is -0.376 e. The standard InChI is InChI=1S/C18H23ClFN5O2/c1-13-10-24(7-8-27-13)16(18-14(19)3-2-4-15(18)20)9-22-17(26)5-6-25-12-21-11-23-25/h2-4,11-13,16H,5-10H2,1H3,(H,22,26). The highest BCUT2D eigenvalue weighted by molar-refractivity contribution is 6.31. The molecular weight excluding hydrogens is 373 g/mol. The number of rotatable bonds is 7. The number of aryl methyl sites for hydroxylation is 1. The van der Waals surface area contributed by atoms with Crippen LogP contribution in [0.4, 0.5) is 4.39 Å². The van der Waals surface area contributed by atoms with E-state index in [1.807, 2.05) is 6.92 Å². The Bertz CT molecular complexity index is 738. The Balaban J connectivity index is 1.69. The van der Waals surface area contributed by atoms with E-state index < -0.39 is 0 Å². The molecule has 1 amide bonds. The van der Waals surface area contributed by atoms with Gasteiger partial charge in [0.05, 0.1) is 25.3 Å². The number of aromatic nitrogens is 3. The van der Waals surface area contributed by atoms with E-state index in [-0.39, 0.29) is 36.8 Å². The molecule has 0 saturated carbocycles. The molecule has 3 rings (SSSR count). The number of halogens is 2. The molecule has 1 aliphatic rings. The first kappa shape index (κ1) is 19.7. The van der Waals surface area contributed by atoms with E-state index in [4.69, 9.17) is 16.3 Å². The van der Waals surface area contributed by atoms with Gasteiger partial charge in [-0.3, -0.25) is 14.4 Å². The van der Waals surface area contributed by atoms with E-state index in [9.17, 15) is 9.18 Å². The monoisotopic (exact) mass is 395 g/mol. The van der Waals surface area contributed by atoms with Gasteiger partial charge >= 0.3 is 0 Å². The van der Waals surface area contributed by atoms with E-state index in [1.165, 1.54) is 12.4 Å². The fourth-order valence-electron chi connectivity index (χ4n) is 3.23. The molecule has 1 saturated heterocycles. The Kier molecular flexibility index (Phi) is 6.76. The summed E-state index contributed by atoms with van der Waals surface area (Å²) >= 11 is 6.29. The van der Waals surface area contributed by atoms with Gasteiger partial charge in [0, 0.05) is 36.6 Å². The lowest BCUT2D eigenvalue weighted by Gasteiger charge is -2.38. The number of nitrogens with one attached hydrogen (secondary N) is 1. The van der Waals surface area contributed by atoms with Crippen molar-refractivity contribution in [2.24, 2.45) is 0 Å². The molecule has 2 atom stereocenters. The summed E-state index contributed by atoms with van der Waals surface area (Å²) in [5, 5.41) is 7.23. The van der Waals surface area contributed by atoms with Crippen LogP contribution in [0.25, 0.3) is 0 Å². The topological polar surface area (TPSA) is 72.3 Å². The largest absolute Gasteiger partial charge is 0.376 e. The second kappa shape index (κ2) is 9.25. The average molecular weight is 396 g/mol. The normalized spacial score (nSPS) is 19.0. The molecule has 146 valence electrons. The molecule has 27 heavy (non-hydrogen) atoms. The molecule has 7 nitrogen and oxygen atoms in total. The Morgan fingerprint density at radius 1 is 1.52 bits per heavy atom. The number of nitrogens with zero attached hydrogens (tertiary/aromatic N) is 4. The zero-order valence-electron chi connectivity index (χ0n) is 15.1. The van der Waals surface area contributed by atoms with Crippen molar-refractivity contribution in [2.75, 3.05) is 26.2 Å². The van der Waals surface area contributed by atoms with Crippen LogP contribution in [0.15, 0.2) is 30.9 Å². The predicted molar refractivity (Wildman–Crippen MR) is 98.8 cm³/mol. The van der Waals surface area contributed by atoms with E-state index in [1.54, 1.807) is 23.1 Å². The van der Waals surface area contributed by atoms with Crippen molar-refractivity contribution in [3.63, 3.8) is 0 Å². The predicted octanol–water partition coefficient (Wildman–Crippen LogP) is 2.04. The molecule has 1 fully saturated rings. The summed E-state index contributed by atoms with van der Waals surface area (Å²) in [6.45, 7) is 4.53. The number of carbonyl (C=O) groups is 1. The summed E-state index contributed by atoms with van der Waals surface area (Å²) in [7, 11) is 0. The van der Waals surface area contributed by atoms with Gasteiger partial charge in [0.15, 0.2) is 0 Å². The Labute approximate surface area is 162 Å². The summed E-state index contributed by atoms with van der Waals surface area (Å²) < 4.78 is 21.7. The van der Waals surface area contributed by atoms with Crippen LogP contribution in [0, 0.1) is 5.82 Å². The summed E-state index contributed by atoms with van der Waals surface area (Å²) in [5.74, 6) is -0.507. The van der Waals surface area contributed by atoms with Gasteiger partial charge < -0.3 is 10.1 Å². The number of carbonyl (C=O) groups excluding carboxylic acids is 1. The van der Waals surface area contributed by atoms with Gasteiger partial charge in [-0.2, -0.15) is 5.10 Å². The lowest BCUT2D eigenvalue weighted by Crippen LogP contribution is -2.47. The van der Waals surface area contributed by atoms with Crippen LogP contribution in [0.1, 0.15) is 24.9 Å². The Hall–Kier alpha value is -2.03. The highest BCUT2D eigenvalue weighted by Gasteiger charge is 2.29. The molecule has 0 spiro atoms. The van der Waals surface area contributed by atoms with Crippen molar-refractivity contribution in [2.45, 2.75) is 32.0 Å². The molecule has 2 aromatic rings. The third kappa shape index (κ3) is 5.24. The van der Waals surface area contributed by atoms with Crippen LogP contribution < -0.4 is 5.32 Å². The zero-order valence-corrected chi connectivity index (χ0v) is 15.9. The third-order valence-electron chi connectivity index (χ3n) is 4.57.